The van der Waals surface area contributed by atoms with E-state index in [0.29, 0.717) is 13.2 Å². The van der Waals surface area contributed by atoms with Gasteiger partial charge in [-0.15, -0.1) is 0 Å². The van der Waals surface area contributed by atoms with Crippen molar-refractivity contribution in [3.8, 4) is 0 Å². The van der Waals surface area contributed by atoms with Crippen LogP contribution in [0.3, 0.4) is 0 Å². The summed E-state index contributed by atoms with van der Waals surface area (Å²) in [5.74, 6) is -0.392. The molecule has 1 N–H and O–H groups in total. The van der Waals surface area contributed by atoms with Crippen molar-refractivity contribution in [1.82, 2.24) is 0 Å². The Morgan fingerprint density at radius 2 is 1.71 bits per heavy atom. The second-order valence-electron chi connectivity index (χ2n) is 7.12. The number of carbonyl (C=O) groups is 2. The van der Waals surface area contributed by atoms with E-state index < -0.39 is 0 Å². The Labute approximate surface area is 166 Å². The van der Waals surface area contributed by atoms with Gasteiger partial charge in [-0.05, 0) is 49.2 Å². The molecule has 1 aliphatic heterocycles. The lowest BCUT2D eigenvalue weighted by molar-refractivity contribution is -0.120. The largest absolute Gasteiger partial charge is 0.378 e. The van der Waals surface area contributed by atoms with Crippen molar-refractivity contribution in [2.75, 3.05) is 48.0 Å². The molecule has 0 unspecified atom stereocenters. The summed E-state index contributed by atoms with van der Waals surface area (Å²) < 4.78 is 5.42. The van der Waals surface area contributed by atoms with E-state index in [9.17, 15) is 9.59 Å². The monoisotopic (exact) mass is 381 g/mol. The quantitative estimate of drug-likeness (QED) is 0.864. The van der Waals surface area contributed by atoms with E-state index in [1.54, 1.807) is 0 Å². The number of carbonyl (C=O) groups excluding carboxylic acids is 2. The Morgan fingerprint density at radius 1 is 1.07 bits per heavy atom. The first-order valence-corrected chi connectivity index (χ1v) is 9.52. The lowest BCUT2D eigenvalue weighted by atomic mass is 10.1. The van der Waals surface area contributed by atoms with E-state index >= 15 is 0 Å². The second kappa shape index (κ2) is 8.89. The normalized spacial score (nSPS) is 13.9. The highest BCUT2D eigenvalue weighted by Gasteiger charge is 2.19. The molecule has 28 heavy (non-hydrogen) atoms. The molecular weight excluding hydrogens is 354 g/mol. The van der Waals surface area contributed by atoms with Gasteiger partial charge in [0.1, 0.15) is 6.54 Å². The van der Waals surface area contributed by atoms with Gasteiger partial charge in [-0.25, -0.2) is 0 Å². The highest BCUT2D eigenvalue weighted by molar-refractivity contribution is 6.03. The number of nitrogens with one attached hydrogen (secondary N) is 1. The second-order valence-corrected chi connectivity index (χ2v) is 7.12. The molecule has 0 bridgehead atoms. The molecule has 0 aliphatic carbocycles. The molecule has 6 heteroatoms. The van der Waals surface area contributed by atoms with Crippen LogP contribution in [0, 0.1) is 13.8 Å². The number of hydrogen-bond donors (Lipinski definition) is 1. The van der Waals surface area contributed by atoms with E-state index in [0.717, 1.165) is 41.3 Å². The fraction of sp³-hybridized carbons (Fsp3) is 0.364. The van der Waals surface area contributed by atoms with E-state index in [2.05, 4.69) is 10.2 Å². The molecule has 0 spiro atoms. The summed E-state index contributed by atoms with van der Waals surface area (Å²) in [6, 6.07) is 13.6. The minimum Gasteiger partial charge on any atom is -0.378 e. The zero-order chi connectivity index (χ0) is 20.1. The van der Waals surface area contributed by atoms with Gasteiger partial charge in [0.15, 0.2) is 0 Å². The Balaban J connectivity index is 1.76. The van der Waals surface area contributed by atoms with Crippen LogP contribution >= 0.6 is 0 Å². The van der Waals surface area contributed by atoms with Crippen LogP contribution in [0.15, 0.2) is 42.5 Å². The number of amides is 2. The third kappa shape index (κ3) is 4.89. The van der Waals surface area contributed by atoms with Crippen LogP contribution in [0.1, 0.15) is 18.1 Å². The van der Waals surface area contributed by atoms with Gasteiger partial charge in [-0.3, -0.25) is 9.59 Å². The molecule has 2 aromatic rings. The van der Waals surface area contributed by atoms with Gasteiger partial charge in [0.2, 0.25) is 11.8 Å². The summed E-state index contributed by atoms with van der Waals surface area (Å²) in [4.78, 5) is 28.7. The minimum absolute atomic E-state index is 0.0321. The highest BCUT2D eigenvalue weighted by atomic mass is 16.5. The van der Waals surface area contributed by atoms with Crippen LogP contribution in [0.4, 0.5) is 17.1 Å². The zero-order valence-corrected chi connectivity index (χ0v) is 16.7. The third-order valence-corrected chi connectivity index (χ3v) is 4.73. The SMILES string of the molecule is CC(=O)N(CC(=O)Nc1ccccc1N1CCOCC1)c1cc(C)cc(C)c1. The van der Waals surface area contributed by atoms with E-state index in [-0.39, 0.29) is 18.4 Å². The van der Waals surface area contributed by atoms with Crippen molar-refractivity contribution < 1.29 is 14.3 Å². The lowest BCUT2D eigenvalue weighted by Crippen LogP contribution is -2.38. The smallest absolute Gasteiger partial charge is 0.244 e. The maximum atomic E-state index is 12.8. The van der Waals surface area contributed by atoms with Gasteiger partial charge in [0, 0.05) is 25.7 Å². The number of para-hydroxylation sites is 2. The first-order valence-electron chi connectivity index (χ1n) is 9.52. The van der Waals surface area contributed by atoms with Crippen LogP contribution in [0.25, 0.3) is 0 Å². The van der Waals surface area contributed by atoms with Gasteiger partial charge in [0.25, 0.3) is 0 Å². The Bertz CT molecular complexity index is 840. The standard InChI is InChI=1S/C22H27N3O3/c1-16-12-17(2)14-19(13-16)25(18(3)26)15-22(27)23-20-6-4-5-7-21(20)24-8-10-28-11-9-24/h4-7,12-14H,8-11,15H2,1-3H3,(H,23,27). The van der Waals surface area contributed by atoms with Gasteiger partial charge in [-0.1, -0.05) is 18.2 Å². The predicted octanol–water partition coefficient (Wildman–Crippen LogP) is 3.13. The number of ether oxygens (including phenoxy) is 1. The van der Waals surface area contributed by atoms with E-state index in [1.165, 1.54) is 11.8 Å². The molecule has 3 rings (SSSR count). The number of rotatable bonds is 5. The number of morpholine rings is 1. The average Bonchev–Trinajstić information content (AvgIpc) is 2.66. The predicted molar refractivity (Wildman–Crippen MR) is 112 cm³/mol. The van der Waals surface area contributed by atoms with Crippen molar-refractivity contribution in [1.29, 1.82) is 0 Å². The zero-order valence-electron chi connectivity index (χ0n) is 16.7. The summed E-state index contributed by atoms with van der Waals surface area (Å²) >= 11 is 0. The molecule has 2 amide bonds. The van der Waals surface area contributed by atoms with E-state index in [1.807, 2.05) is 56.3 Å². The van der Waals surface area contributed by atoms with Crippen molar-refractivity contribution in [2.24, 2.45) is 0 Å². The third-order valence-electron chi connectivity index (χ3n) is 4.73. The summed E-state index contributed by atoms with van der Waals surface area (Å²) in [6.45, 7) is 8.33. The van der Waals surface area contributed by atoms with Crippen molar-refractivity contribution in [3.63, 3.8) is 0 Å². The van der Waals surface area contributed by atoms with E-state index in [4.69, 9.17) is 4.74 Å². The van der Waals surface area contributed by atoms with Gasteiger partial charge < -0.3 is 19.9 Å². The Hall–Kier alpha value is -2.86. The summed E-state index contributed by atoms with van der Waals surface area (Å²) in [6.07, 6.45) is 0. The van der Waals surface area contributed by atoms with Gasteiger partial charge in [0.05, 0.1) is 24.6 Å². The molecule has 0 atom stereocenters. The first-order chi connectivity index (χ1) is 13.4. The fourth-order valence-corrected chi connectivity index (χ4v) is 3.48. The van der Waals surface area contributed by atoms with Crippen molar-refractivity contribution >= 4 is 28.9 Å². The fourth-order valence-electron chi connectivity index (χ4n) is 3.48. The molecule has 6 nitrogen and oxygen atoms in total. The number of anilines is 3. The van der Waals surface area contributed by atoms with Gasteiger partial charge in [-0.2, -0.15) is 0 Å². The van der Waals surface area contributed by atoms with Crippen LogP contribution in [-0.4, -0.2) is 44.7 Å². The van der Waals surface area contributed by atoms with Crippen LogP contribution in [-0.2, 0) is 14.3 Å². The maximum Gasteiger partial charge on any atom is 0.244 e. The maximum absolute atomic E-state index is 12.8. The highest BCUT2D eigenvalue weighted by Crippen LogP contribution is 2.26. The number of aryl methyl sites for hydroxylation is 2. The summed E-state index contributed by atoms with van der Waals surface area (Å²) in [7, 11) is 0. The average molecular weight is 381 g/mol. The first kappa shape index (κ1) is 19.9. The summed E-state index contributed by atoms with van der Waals surface area (Å²) in [5.41, 5.74) is 4.57. The molecule has 1 saturated heterocycles. The van der Waals surface area contributed by atoms with Crippen LogP contribution in [0.2, 0.25) is 0 Å². The molecule has 0 aromatic heterocycles. The van der Waals surface area contributed by atoms with Gasteiger partial charge >= 0.3 is 0 Å². The van der Waals surface area contributed by atoms with Crippen LogP contribution in [0.5, 0.6) is 0 Å². The number of nitrogens with zero attached hydrogens (tertiary/aromatic N) is 2. The molecule has 1 heterocycles. The summed E-state index contributed by atoms with van der Waals surface area (Å²) in [5, 5.41) is 2.98. The van der Waals surface area contributed by atoms with Crippen LogP contribution < -0.4 is 15.1 Å². The minimum atomic E-state index is -0.227. The molecule has 2 aromatic carbocycles. The van der Waals surface area contributed by atoms with Crippen molar-refractivity contribution in [2.45, 2.75) is 20.8 Å². The topological polar surface area (TPSA) is 61.9 Å². The number of hydrogen-bond acceptors (Lipinski definition) is 4. The molecule has 148 valence electrons. The molecular formula is C22H27N3O3. The molecule has 1 aliphatic rings. The van der Waals surface area contributed by atoms with Crippen molar-refractivity contribution in [3.05, 3.63) is 53.6 Å². The molecule has 0 radical (unpaired) electrons. The molecule has 1 fully saturated rings. The Morgan fingerprint density at radius 3 is 2.36 bits per heavy atom. The molecule has 0 saturated carbocycles. The lowest BCUT2D eigenvalue weighted by Gasteiger charge is -2.30. The Kier molecular flexibility index (Phi) is 6.31. The number of benzene rings is 2.